The molecule has 1 amide bonds. The molecule has 1 fully saturated rings. The Balaban J connectivity index is 1.58. The van der Waals surface area contributed by atoms with Crippen LogP contribution in [0.5, 0.6) is 0 Å². The van der Waals surface area contributed by atoms with Gasteiger partial charge >= 0.3 is 6.01 Å². The van der Waals surface area contributed by atoms with Crippen molar-refractivity contribution in [1.82, 2.24) is 15.5 Å². The van der Waals surface area contributed by atoms with Gasteiger partial charge in [0.2, 0.25) is 5.89 Å². The molecule has 1 unspecified atom stereocenters. The summed E-state index contributed by atoms with van der Waals surface area (Å²) < 4.78 is 5.96. The van der Waals surface area contributed by atoms with E-state index in [0.717, 1.165) is 37.1 Å². The molecule has 1 aliphatic rings. The molecule has 144 valence electrons. The molecule has 1 aliphatic heterocycles. The predicted molar refractivity (Wildman–Crippen MR) is 107 cm³/mol. The number of anilines is 1. The van der Waals surface area contributed by atoms with Crippen LogP contribution in [0.25, 0.3) is 0 Å². The quantitative estimate of drug-likeness (QED) is 0.710. The molecule has 1 aromatic heterocycles. The van der Waals surface area contributed by atoms with Crippen LogP contribution in [0.2, 0.25) is 0 Å². The third-order valence-corrected chi connectivity index (χ3v) is 5.08. The van der Waals surface area contributed by atoms with E-state index in [9.17, 15) is 4.79 Å². The topological polar surface area (TPSA) is 71.3 Å². The zero-order valence-corrected chi connectivity index (χ0v) is 16.0. The number of rotatable bonds is 6. The lowest BCUT2D eigenvalue weighted by molar-refractivity contribution is 0.0929. The Morgan fingerprint density at radius 3 is 2.54 bits per heavy atom. The molecular weight excluding hydrogens is 352 g/mol. The van der Waals surface area contributed by atoms with Crippen LogP contribution in [-0.4, -0.2) is 29.2 Å². The number of amides is 1. The molecule has 2 aromatic carbocycles. The second kappa shape index (κ2) is 8.25. The highest BCUT2D eigenvalue weighted by molar-refractivity contribution is 5.95. The highest BCUT2D eigenvalue weighted by atomic mass is 16.4. The van der Waals surface area contributed by atoms with Crippen molar-refractivity contribution < 1.29 is 9.21 Å². The molecule has 1 saturated heterocycles. The summed E-state index contributed by atoms with van der Waals surface area (Å²) in [4.78, 5) is 15.0. The van der Waals surface area contributed by atoms with Crippen LogP contribution in [0.1, 0.15) is 46.3 Å². The third-order valence-electron chi connectivity index (χ3n) is 5.08. The highest BCUT2D eigenvalue weighted by Gasteiger charge is 2.25. The Morgan fingerprint density at radius 1 is 1.07 bits per heavy atom. The zero-order valence-electron chi connectivity index (χ0n) is 16.0. The van der Waals surface area contributed by atoms with E-state index in [1.54, 1.807) is 0 Å². The largest absolute Gasteiger partial charge is 0.406 e. The van der Waals surface area contributed by atoms with Crippen LogP contribution in [-0.2, 0) is 6.42 Å². The van der Waals surface area contributed by atoms with Gasteiger partial charge in [0.15, 0.2) is 0 Å². The van der Waals surface area contributed by atoms with Crippen LogP contribution in [0.15, 0.2) is 59.0 Å². The van der Waals surface area contributed by atoms with E-state index >= 15 is 0 Å². The molecular formula is C22H24N4O2. The van der Waals surface area contributed by atoms with Gasteiger partial charge in [0.05, 0.1) is 0 Å². The van der Waals surface area contributed by atoms with Crippen molar-refractivity contribution in [2.24, 2.45) is 0 Å². The Bertz CT molecular complexity index is 932. The van der Waals surface area contributed by atoms with Crippen molar-refractivity contribution in [1.29, 1.82) is 0 Å². The van der Waals surface area contributed by atoms with Gasteiger partial charge < -0.3 is 14.6 Å². The number of benzene rings is 2. The molecule has 0 spiro atoms. The Kier molecular flexibility index (Phi) is 5.37. The molecule has 2 heterocycles. The summed E-state index contributed by atoms with van der Waals surface area (Å²) in [5.41, 5.74) is 2.68. The van der Waals surface area contributed by atoms with Crippen LogP contribution in [0.4, 0.5) is 6.01 Å². The molecule has 6 heteroatoms. The van der Waals surface area contributed by atoms with Gasteiger partial charge in [0, 0.05) is 25.1 Å². The Hall–Kier alpha value is -3.15. The summed E-state index contributed by atoms with van der Waals surface area (Å²) in [6.07, 6.45) is 2.85. The molecule has 1 atom stereocenters. The van der Waals surface area contributed by atoms with E-state index in [0.29, 0.717) is 23.9 Å². The van der Waals surface area contributed by atoms with E-state index in [4.69, 9.17) is 4.42 Å². The van der Waals surface area contributed by atoms with Gasteiger partial charge in [-0.05, 0) is 37.0 Å². The Morgan fingerprint density at radius 2 is 1.79 bits per heavy atom. The SMILES string of the molecule is Cc1ccccc1C(=O)NC(Cc1ccccc1)c1nnc(N2CCCC2)o1. The minimum Gasteiger partial charge on any atom is -0.406 e. The average Bonchev–Trinajstić information content (AvgIpc) is 3.40. The smallest absolute Gasteiger partial charge is 0.318 e. The fourth-order valence-electron chi connectivity index (χ4n) is 3.52. The number of carbonyl (C=O) groups excluding carboxylic acids is 1. The first-order valence-electron chi connectivity index (χ1n) is 9.69. The number of nitrogens with one attached hydrogen (secondary N) is 1. The molecule has 0 aliphatic carbocycles. The second-order valence-electron chi connectivity index (χ2n) is 7.15. The summed E-state index contributed by atoms with van der Waals surface area (Å²) >= 11 is 0. The zero-order chi connectivity index (χ0) is 19.3. The fraction of sp³-hybridized carbons (Fsp3) is 0.318. The van der Waals surface area contributed by atoms with Gasteiger partial charge in [-0.15, -0.1) is 5.10 Å². The lowest BCUT2D eigenvalue weighted by Gasteiger charge is -2.17. The minimum absolute atomic E-state index is 0.139. The standard InChI is InChI=1S/C22H24N4O2/c1-16-9-5-6-12-18(16)20(27)23-19(15-17-10-3-2-4-11-17)21-24-25-22(28-21)26-13-7-8-14-26/h2-6,9-12,19H,7-8,13-15H2,1H3,(H,23,27). The number of hydrogen-bond donors (Lipinski definition) is 1. The maximum absolute atomic E-state index is 12.9. The summed E-state index contributed by atoms with van der Waals surface area (Å²) in [7, 11) is 0. The summed E-state index contributed by atoms with van der Waals surface area (Å²) in [5, 5.41) is 11.6. The monoisotopic (exact) mass is 376 g/mol. The maximum Gasteiger partial charge on any atom is 0.318 e. The lowest BCUT2D eigenvalue weighted by Crippen LogP contribution is -2.30. The van der Waals surface area contributed by atoms with Crippen molar-refractivity contribution in [2.75, 3.05) is 18.0 Å². The van der Waals surface area contributed by atoms with Crippen molar-refractivity contribution in [2.45, 2.75) is 32.2 Å². The molecule has 28 heavy (non-hydrogen) atoms. The molecule has 0 radical (unpaired) electrons. The first-order chi connectivity index (χ1) is 13.7. The Labute approximate surface area is 164 Å². The summed E-state index contributed by atoms with van der Waals surface area (Å²) in [6.45, 7) is 3.79. The fourth-order valence-corrected chi connectivity index (χ4v) is 3.52. The molecule has 0 saturated carbocycles. The summed E-state index contributed by atoms with van der Waals surface area (Å²) in [5.74, 6) is 0.299. The molecule has 6 nitrogen and oxygen atoms in total. The van der Waals surface area contributed by atoms with Gasteiger partial charge in [0.25, 0.3) is 5.91 Å². The van der Waals surface area contributed by atoms with Crippen LogP contribution in [0.3, 0.4) is 0 Å². The van der Waals surface area contributed by atoms with Gasteiger partial charge in [-0.3, -0.25) is 4.79 Å². The number of hydrogen-bond acceptors (Lipinski definition) is 5. The molecule has 3 aromatic rings. The van der Waals surface area contributed by atoms with E-state index in [1.807, 2.05) is 61.5 Å². The van der Waals surface area contributed by atoms with Gasteiger partial charge in [-0.1, -0.05) is 53.6 Å². The van der Waals surface area contributed by atoms with Crippen molar-refractivity contribution in [3.05, 3.63) is 77.2 Å². The number of nitrogens with zero attached hydrogens (tertiary/aromatic N) is 3. The number of carbonyl (C=O) groups is 1. The highest BCUT2D eigenvalue weighted by Crippen LogP contribution is 2.24. The number of aryl methyl sites for hydroxylation is 1. The number of aromatic nitrogens is 2. The van der Waals surface area contributed by atoms with Gasteiger partial charge in [0.1, 0.15) is 6.04 Å². The predicted octanol–water partition coefficient (Wildman–Crippen LogP) is 3.69. The third kappa shape index (κ3) is 4.06. The normalized spacial score (nSPS) is 14.8. The molecule has 1 N–H and O–H groups in total. The van der Waals surface area contributed by atoms with Crippen molar-refractivity contribution in [3.8, 4) is 0 Å². The molecule has 4 rings (SSSR count). The summed E-state index contributed by atoms with van der Waals surface area (Å²) in [6, 6.07) is 17.7. The first kappa shape index (κ1) is 18.2. The van der Waals surface area contributed by atoms with Crippen LogP contribution < -0.4 is 10.2 Å². The van der Waals surface area contributed by atoms with Crippen molar-refractivity contribution >= 4 is 11.9 Å². The van der Waals surface area contributed by atoms with Crippen LogP contribution >= 0.6 is 0 Å². The van der Waals surface area contributed by atoms with Gasteiger partial charge in [-0.2, -0.15) is 0 Å². The lowest BCUT2D eigenvalue weighted by atomic mass is 10.0. The first-order valence-corrected chi connectivity index (χ1v) is 9.69. The van der Waals surface area contributed by atoms with Crippen LogP contribution in [0, 0.1) is 6.92 Å². The van der Waals surface area contributed by atoms with E-state index in [1.165, 1.54) is 0 Å². The van der Waals surface area contributed by atoms with E-state index < -0.39 is 6.04 Å². The second-order valence-corrected chi connectivity index (χ2v) is 7.15. The molecule has 0 bridgehead atoms. The minimum atomic E-state index is -0.390. The maximum atomic E-state index is 12.9. The van der Waals surface area contributed by atoms with Gasteiger partial charge in [-0.25, -0.2) is 0 Å². The van der Waals surface area contributed by atoms with Crippen molar-refractivity contribution in [3.63, 3.8) is 0 Å². The van der Waals surface area contributed by atoms with E-state index in [2.05, 4.69) is 20.4 Å². The van der Waals surface area contributed by atoms with E-state index in [-0.39, 0.29) is 5.91 Å². The average molecular weight is 376 g/mol.